The fraction of sp³-hybridized carbons (Fsp3) is 1.00. The van der Waals surface area contributed by atoms with Gasteiger partial charge in [0.05, 0.1) is 0 Å². The van der Waals surface area contributed by atoms with E-state index in [0.29, 0.717) is 5.41 Å². The molecule has 0 saturated heterocycles. The Kier molecular flexibility index (Phi) is 6.41. The number of rotatable bonds is 8. The van der Waals surface area contributed by atoms with Crippen molar-refractivity contribution in [3.63, 3.8) is 0 Å². The molecular weight excluding hydrogens is 194 g/mol. The van der Waals surface area contributed by atoms with Gasteiger partial charge < -0.3 is 5.32 Å². The van der Waals surface area contributed by atoms with Crippen molar-refractivity contribution in [1.29, 1.82) is 0 Å². The van der Waals surface area contributed by atoms with E-state index in [-0.39, 0.29) is 0 Å². The molecule has 1 nitrogen and oxygen atoms in total. The highest BCUT2D eigenvalue weighted by Crippen LogP contribution is 2.40. The Bertz CT molecular complexity index is 164. The zero-order valence-corrected chi connectivity index (χ0v) is 11.6. The standard InChI is InChI=1S/C15H31N/c1-4-9-14(10-5-2)16-13-15(6-3)11-7-8-12-15/h14,16H,4-13H2,1-3H3. The third-order valence-electron chi connectivity index (χ3n) is 4.45. The minimum atomic E-state index is 0.653. The topological polar surface area (TPSA) is 12.0 Å². The second-order valence-corrected chi connectivity index (χ2v) is 5.72. The Balaban J connectivity index is 2.34. The second kappa shape index (κ2) is 7.32. The van der Waals surface area contributed by atoms with E-state index in [4.69, 9.17) is 0 Å². The summed E-state index contributed by atoms with van der Waals surface area (Å²) in [7, 11) is 0. The molecule has 0 amide bonds. The van der Waals surface area contributed by atoms with Crippen LogP contribution in [0.1, 0.15) is 78.6 Å². The highest BCUT2D eigenvalue weighted by molar-refractivity contribution is 4.86. The minimum absolute atomic E-state index is 0.653. The van der Waals surface area contributed by atoms with Gasteiger partial charge in [-0.05, 0) is 37.5 Å². The summed E-state index contributed by atoms with van der Waals surface area (Å²) in [5.74, 6) is 0. The first-order valence-electron chi connectivity index (χ1n) is 7.49. The summed E-state index contributed by atoms with van der Waals surface area (Å²) in [6.07, 6.45) is 12.5. The number of nitrogens with one attached hydrogen (secondary N) is 1. The van der Waals surface area contributed by atoms with E-state index in [0.717, 1.165) is 6.04 Å². The van der Waals surface area contributed by atoms with E-state index in [1.807, 2.05) is 0 Å². The Morgan fingerprint density at radius 3 is 2.00 bits per heavy atom. The molecule has 1 heteroatoms. The fourth-order valence-corrected chi connectivity index (χ4v) is 3.19. The molecule has 96 valence electrons. The lowest BCUT2D eigenvalue weighted by Gasteiger charge is -2.30. The van der Waals surface area contributed by atoms with Gasteiger partial charge in [-0.2, -0.15) is 0 Å². The first kappa shape index (κ1) is 14.0. The average molecular weight is 225 g/mol. The molecule has 1 N–H and O–H groups in total. The molecule has 0 aromatic carbocycles. The summed E-state index contributed by atoms with van der Waals surface area (Å²) in [6, 6.07) is 0.777. The normalized spacial score (nSPS) is 19.5. The lowest BCUT2D eigenvalue weighted by Crippen LogP contribution is -2.38. The average Bonchev–Trinajstić information content (AvgIpc) is 2.76. The minimum Gasteiger partial charge on any atom is -0.313 e. The Labute approximate surface area is 102 Å². The molecule has 0 unspecified atom stereocenters. The molecule has 1 aliphatic carbocycles. The molecule has 1 rings (SSSR count). The largest absolute Gasteiger partial charge is 0.313 e. The maximum absolute atomic E-state index is 3.86. The van der Waals surface area contributed by atoms with Crippen molar-refractivity contribution in [1.82, 2.24) is 5.32 Å². The molecule has 1 aliphatic rings. The quantitative estimate of drug-likeness (QED) is 0.640. The SMILES string of the molecule is CCCC(CCC)NCC1(CC)CCCC1. The Morgan fingerprint density at radius 2 is 1.56 bits per heavy atom. The molecule has 0 heterocycles. The highest BCUT2D eigenvalue weighted by Gasteiger charge is 2.31. The third kappa shape index (κ3) is 4.08. The van der Waals surface area contributed by atoms with E-state index in [2.05, 4.69) is 26.1 Å². The van der Waals surface area contributed by atoms with Crippen molar-refractivity contribution in [2.45, 2.75) is 84.6 Å². The molecule has 1 saturated carbocycles. The van der Waals surface area contributed by atoms with Crippen LogP contribution in [0.4, 0.5) is 0 Å². The molecule has 0 spiro atoms. The van der Waals surface area contributed by atoms with Gasteiger partial charge in [-0.25, -0.2) is 0 Å². The molecule has 16 heavy (non-hydrogen) atoms. The molecule has 0 bridgehead atoms. The summed E-state index contributed by atoms with van der Waals surface area (Å²) in [4.78, 5) is 0. The van der Waals surface area contributed by atoms with Crippen LogP contribution in [0.5, 0.6) is 0 Å². The Morgan fingerprint density at radius 1 is 1.00 bits per heavy atom. The Hall–Kier alpha value is -0.0400. The van der Waals surface area contributed by atoms with Gasteiger partial charge >= 0.3 is 0 Å². The predicted molar refractivity (Wildman–Crippen MR) is 72.8 cm³/mol. The van der Waals surface area contributed by atoms with Crippen LogP contribution in [0.3, 0.4) is 0 Å². The van der Waals surface area contributed by atoms with Gasteiger partial charge in [-0.15, -0.1) is 0 Å². The van der Waals surface area contributed by atoms with E-state index in [9.17, 15) is 0 Å². The first-order valence-corrected chi connectivity index (χ1v) is 7.49. The van der Waals surface area contributed by atoms with Crippen LogP contribution in [0.15, 0.2) is 0 Å². The van der Waals surface area contributed by atoms with Crippen molar-refractivity contribution >= 4 is 0 Å². The lowest BCUT2D eigenvalue weighted by atomic mass is 9.83. The van der Waals surface area contributed by atoms with E-state index in [1.165, 1.54) is 64.3 Å². The van der Waals surface area contributed by atoms with Crippen LogP contribution >= 0.6 is 0 Å². The van der Waals surface area contributed by atoms with Crippen LogP contribution < -0.4 is 5.32 Å². The van der Waals surface area contributed by atoms with Crippen LogP contribution in [0.25, 0.3) is 0 Å². The maximum atomic E-state index is 3.86. The molecule has 0 radical (unpaired) electrons. The second-order valence-electron chi connectivity index (χ2n) is 5.72. The van der Waals surface area contributed by atoms with E-state index < -0.39 is 0 Å². The predicted octanol–water partition coefficient (Wildman–Crippen LogP) is 4.52. The maximum Gasteiger partial charge on any atom is 0.00670 e. The van der Waals surface area contributed by atoms with Gasteiger partial charge in [0.2, 0.25) is 0 Å². The molecule has 0 aromatic heterocycles. The van der Waals surface area contributed by atoms with Crippen molar-refractivity contribution in [2.24, 2.45) is 5.41 Å². The van der Waals surface area contributed by atoms with Crippen LogP contribution in [0, 0.1) is 5.41 Å². The van der Waals surface area contributed by atoms with Gasteiger partial charge in [0, 0.05) is 12.6 Å². The molecule has 0 aliphatic heterocycles. The van der Waals surface area contributed by atoms with Crippen LogP contribution in [-0.4, -0.2) is 12.6 Å². The lowest BCUT2D eigenvalue weighted by molar-refractivity contribution is 0.248. The smallest absolute Gasteiger partial charge is 0.00670 e. The van der Waals surface area contributed by atoms with Gasteiger partial charge in [0.1, 0.15) is 0 Å². The molecule has 1 fully saturated rings. The van der Waals surface area contributed by atoms with Gasteiger partial charge in [-0.1, -0.05) is 46.5 Å². The molecule has 0 aromatic rings. The van der Waals surface area contributed by atoms with Gasteiger partial charge in [-0.3, -0.25) is 0 Å². The summed E-state index contributed by atoms with van der Waals surface area (Å²) in [5.41, 5.74) is 0.653. The van der Waals surface area contributed by atoms with Crippen LogP contribution in [-0.2, 0) is 0 Å². The number of hydrogen-bond acceptors (Lipinski definition) is 1. The van der Waals surface area contributed by atoms with Crippen molar-refractivity contribution < 1.29 is 0 Å². The summed E-state index contributed by atoms with van der Waals surface area (Å²) in [6.45, 7) is 8.25. The van der Waals surface area contributed by atoms with Gasteiger partial charge in [0.15, 0.2) is 0 Å². The highest BCUT2D eigenvalue weighted by atomic mass is 14.9. The third-order valence-corrected chi connectivity index (χ3v) is 4.45. The van der Waals surface area contributed by atoms with E-state index >= 15 is 0 Å². The molecule has 0 atom stereocenters. The number of hydrogen-bond donors (Lipinski definition) is 1. The zero-order chi connectivity index (χ0) is 11.9. The monoisotopic (exact) mass is 225 g/mol. The summed E-state index contributed by atoms with van der Waals surface area (Å²) in [5, 5.41) is 3.86. The van der Waals surface area contributed by atoms with E-state index in [1.54, 1.807) is 0 Å². The van der Waals surface area contributed by atoms with Crippen molar-refractivity contribution in [3.8, 4) is 0 Å². The summed E-state index contributed by atoms with van der Waals surface area (Å²) >= 11 is 0. The summed E-state index contributed by atoms with van der Waals surface area (Å²) < 4.78 is 0. The molecular formula is C15H31N. The van der Waals surface area contributed by atoms with Gasteiger partial charge in [0.25, 0.3) is 0 Å². The van der Waals surface area contributed by atoms with Crippen molar-refractivity contribution in [2.75, 3.05) is 6.54 Å². The zero-order valence-electron chi connectivity index (χ0n) is 11.6. The fourth-order valence-electron chi connectivity index (χ4n) is 3.19. The van der Waals surface area contributed by atoms with Crippen molar-refractivity contribution in [3.05, 3.63) is 0 Å². The first-order chi connectivity index (χ1) is 7.76. The van der Waals surface area contributed by atoms with Crippen LogP contribution in [0.2, 0.25) is 0 Å².